The van der Waals surface area contributed by atoms with Gasteiger partial charge < -0.3 is 11.1 Å². The van der Waals surface area contributed by atoms with Gasteiger partial charge in [0, 0.05) is 13.1 Å². The van der Waals surface area contributed by atoms with Crippen molar-refractivity contribution in [3.8, 4) is 0 Å². The number of aryl methyl sites for hydroxylation is 2. The minimum absolute atomic E-state index is 0.479. The maximum atomic E-state index is 6.03. The molecule has 0 unspecified atom stereocenters. The van der Waals surface area contributed by atoms with Crippen molar-refractivity contribution in [3.63, 3.8) is 0 Å². The highest BCUT2D eigenvalue weighted by atomic mass is 15.3. The summed E-state index contributed by atoms with van der Waals surface area (Å²) in [5.74, 6) is 0.959. The Labute approximate surface area is 91.8 Å². The van der Waals surface area contributed by atoms with Crippen LogP contribution in [0.2, 0.25) is 0 Å². The van der Waals surface area contributed by atoms with Gasteiger partial charge in [0.2, 0.25) is 0 Å². The lowest BCUT2D eigenvalue weighted by molar-refractivity contribution is 0.652. The summed E-state index contributed by atoms with van der Waals surface area (Å²) in [6.45, 7) is 6.42. The maximum Gasteiger partial charge on any atom is 0.147 e. The minimum Gasteiger partial charge on any atom is -0.394 e. The first kappa shape index (κ1) is 11.9. The van der Waals surface area contributed by atoms with Crippen LogP contribution in [0.15, 0.2) is 0 Å². The van der Waals surface area contributed by atoms with E-state index in [9.17, 15) is 0 Å². The Bertz CT molecular complexity index is 313. The van der Waals surface area contributed by atoms with Crippen molar-refractivity contribution in [1.29, 1.82) is 0 Å². The number of rotatable bonds is 5. The lowest BCUT2D eigenvalue weighted by Crippen LogP contribution is -2.19. The van der Waals surface area contributed by atoms with Crippen molar-refractivity contribution in [2.45, 2.75) is 46.1 Å². The Morgan fingerprint density at radius 1 is 1.33 bits per heavy atom. The fourth-order valence-corrected chi connectivity index (χ4v) is 1.71. The standard InChI is InChI=1S/C11H22N4/c1-5-8(6-2)13-11-10(12)9(7-3)14-15(11)4/h8,13H,5-7,12H2,1-4H3. The number of nitrogens with one attached hydrogen (secondary N) is 1. The van der Waals surface area contributed by atoms with Crippen molar-refractivity contribution in [2.24, 2.45) is 7.05 Å². The normalized spacial score (nSPS) is 11.0. The molecule has 0 aliphatic carbocycles. The van der Waals surface area contributed by atoms with Gasteiger partial charge in [-0.1, -0.05) is 20.8 Å². The molecule has 0 aromatic carbocycles. The van der Waals surface area contributed by atoms with Gasteiger partial charge in [-0.3, -0.25) is 4.68 Å². The number of hydrogen-bond donors (Lipinski definition) is 2. The topological polar surface area (TPSA) is 55.9 Å². The molecule has 0 saturated carbocycles. The third-order valence-electron chi connectivity index (χ3n) is 2.82. The van der Waals surface area contributed by atoms with E-state index in [1.165, 1.54) is 0 Å². The zero-order valence-corrected chi connectivity index (χ0v) is 10.2. The summed E-state index contributed by atoms with van der Waals surface area (Å²) < 4.78 is 1.84. The molecule has 0 saturated heterocycles. The monoisotopic (exact) mass is 210 g/mol. The Hall–Kier alpha value is -1.19. The van der Waals surface area contributed by atoms with Crippen LogP contribution in [0.5, 0.6) is 0 Å². The van der Waals surface area contributed by atoms with Crippen LogP contribution in [0.4, 0.5) is 11.5 Å². The summed E-state index contributed by atoms with van der Waals surface area (Å²) >= 11 is 0. The highest BCUT2D eigenvalue weighted by molar-refractivity contribution is 5.65. The molecule has 1 heterocycles. The number of hydrogen-bond acceptors (Lipinski definition) is 3. The molecule has 3 N–H and O–H groups in total. The lowest BCUT2D eigenvalue weighted by atomic mass is 10.1. The Kier molecular flexibility index (Phi) is 4.00. The average Bonchev–Trinajstić information content (AvgIpc) is 2.51. The summed E-state index contributed by atoms with van der Waals surface area (Å²) in [5, 5.41) is 7.82. The molecule has 0 atom stereocenters. The minimum atomic E-state index is 0.479. The Morgan fingerprint density at radius 3 is 2.33 bits per heavy atom. The van der Waals surface area contributed by atoms with Crippen LogP contribution >= 0.6 is 0 Å². The molecule has 0 radical (unpaired) electrons. The summed E-state index contributed by atoms with van der Waals surface area (Å²) in [4.78, 5) is 0. The number of anilines is 2. The first-order valence-electron chi connectivity index (χ1n) is 5.71. The van der Waals surface area contributed by atoms with E-state index in [4.69, 9.17) is 5.73 Å². The summed E-state index contributed by atoms with van der Waals surface area (Å²) in [6.07, 6.45) is 3.08. The first-order chi connectivity index (χ1) is 7.13. The molecule has 1 aromatic heterocycles. The summed E-state index contributed by atoms with van der Waals surface area (Å²) in [7, 11) is 1.93. The second-order valence-corrected chi connectivity index (χ2v) is 3.84. The molecule has 4 heteroatoms. The quantitative estimate of drug-likeness (QED) is 0.783. The molecule has 86 valence electrons. The lowest BCUT2D eigenvalue weighted by Gasteiger charge is -2.16. The number of aromatic nitrogens is 2. The predicted octanol–water partition coefficient (Wildman–Crippen LogP) is 2.17. The smallest absolute Gasteiger partial charge is 0.147 e. The van der Waals surface area contributed by atoms with Gasteiger partial charge >= 0.3 is 0 Å². The van der Waals surface area contributed by atoms with Crippen molar-refractivity contribution in [2.75, 3.05) is 11.1 Å². The van der Waals surface area contributed by atoms with Gasteiger partial charge in [-0.25, -0.2) is 0 Å². The first-order valence-corrected chi connectivity index (χ1v) is 5.71. The molecule has 15 heavy (non-hydrogen) atoms. The molecule has 1 rings (SSSR count). The maximum absolute atomic E-state index is 6.03. The van der Waals surface area contributed by atoms with Crippen molar-refractivity contribution >= 4 is 11.5 Å². The fourth-order valence-electron chi connectivity index (χ4n) is 1.71. The van der Waals surface area contributed by atoms with Gasteiger partial charge in [-0.2, -0.15) is 5.10 Å². The van der Waals surface area contributed by atoms with Crippen molar-refractivity contribution < 1.29 is 0 Å². The van der Waals surface area contributed by atoms with E-state index in [1.54, 1.807) is 0 Å². The van der Waals surface area contributed by atoms with E-state index in [0.29, 0.717) is 6.04 Å². The SMILES string of the molecule is CCc1nn(C)c(NC(CC)CC)c1N. The van der Waals surface area contributed by atoms with E-state index in [1.807, 2.05) is 11.7 Å². The van der Waals surface area contributed by atoms with Gasteiger partial charge in [0.25, 0.3) is 0 Å². The van der Waals surface area contributed by atoms with Crippen LogP contribution in [0, 0.1) is 0 Å². The van der Waals surface area contributed by atoms with Gasteiger partial charge in [0.1, 0.15) is 5.82 Å². The van der Waals surface area contributed by atoms with Gasteiger partial charge in [0.05, 0.1) is 11.4 Å². The Morgan fingerprint density at radius 2 is 1.93 bits per heavy atom. The van der Waals surface area contributed by atoms with Crippen molar-refractivity contribution in [1.82, 2.24) is 9.78 Å². The highest BCUT2D eigenvalue weighted by Gasteiger charge is 2.13. The molecular weight excluding hydrogens is 188 g/mol. The van der Waals surface area contributed by atoms with Crippen LogP contribution in [0.3, 0.4) is 0 Å². The number of nitrogens with two attached hydrogens (primary N) is 1. The predicted molar refractivity (Wildman–Crippen MR) is 65.0 cm³/mol. The molecule has 0 bridgehead atoms. The van der Waals surface area contributed by atoms with Crippen LogP contribution in [0.25, 0.3) is 0 Å². The molecule has 0 fully saturated rings. The van der Waals surface area contributed by atoms with Crippen molar-refractivity contribution in [3.05, 3.63) is 5.69 Å². The highest BCUT2D eigenvalue weighted by Crippen LogP contribution is 2.23. The van der Waals surface area contributed by atoms with E-state index >= 15 is 0 Å². The van der Waals surface area contributed by atoms with E-state index in [2.05, 4.69) is 31.2 Å². The molecule has 0 spiro atoms. The van der Waals surface area contributed by atoms with Crippen LogP contribution in [-0.2, 0) is 13.5 Å². The average molecular weight is 210 g/mol. The third kappa shape index (κ3) is 2.43. The van der Waals surface area contributed by atoms with Crippen LogP contribution in [0.1, 0.15) is 39.3 Å². The Balaban J connectivity index is 2.88. The zero-order valence-electron chi connectivity index (χ0n) is 10.2. The molecular formula is C11H22N4. The molecule has 0 amide bonds. The van der Waals surface area contributed by atoms with Crippen LogP contribution < -0.4 is 11.1 Å². The molecule has 4 nitrogen and oxygen atoms in total. The zero-order chi connectivity index (χ0) is 11.4. The molecule has 0 aliphatic heterocycles. The largest absolute Gasteiger partial charge is 0.394 e. The van der Waals surface area contributed by atoms with E-state index in [0.717, 1.165) is 36.5 Å². The van der Waals surface area contributed by atoms with Gasteiger partial charge in [-0.15, -0.1) is 0 Å². The van der Waals surface area contributed by atoms with Gasteiger partial charge in [-0.05, 0) is 19.3 Å². The van der Waals surface area contributed by atoms with Crippen LogP contribution in [-0.4, -0.2) is 15.8 Å². The third-order valence-corrected chi connectivity index (χ3v) is 2.82. The van der Waals surface area contributed by atoms with E-state index < -0.39 is 0 Å². The molecule has 0 aliphatic rings. The second-order valence-electron chi connectivity index (χ2n) is 3.84. The molecule has 1 aromatic rings. The summed E-state index contributed by atoms with van der Waals surface area (Å²) in [5.41, 5.74) is 7.80. The second kappa shape index (κ2) is 5.05. The summed E-state index contributed by atoms with van der Waals surface area (Å²) in [6, 6.07) is 0.479. The number of nitrogen functional groups attached to an aromatic ring is 1. The fraction of sp³-hybridized carbons (Fsp3) is 0.727. The number of nitrogens with zero attached hydrogens (tertiary/aromatic N) is 2. The van der Waals surface area contributed by atoms with Gasteiger partial charge in [0.15, 0.2) is 0 Å². The van der Waals surface area contributed by atoms with E-state index in [-0.39, 0.29) is 0 Å².